The van der Waals surface area contributed by atoms with Crippen LogP contribution in [-0.4, -0.2) is 23.0 Å². The summed E-state index contributed by atoms with van der Waals surface area (Å²) in [6.45, 7) is 5.93. The van der Waals surface area contributed by atoms with Gasteiger partial charge < -0.3 is 5.11 Å². The summed E-state index contributed by atoms with van der Waals surface area (Å²) in [7, 11) is 0. The van der Waals surface area contributed by atoms with Crippen LogP contribution >= 0.6 is 0 Å². The Morgan fingerprint density at radius 1 is 1.00 bits per heavy atom. The fourth-order valence-corrected chi connectivity index (χ4v) is 2.44. The van der Waals surface area contributed by atoms with Crippen molar-refractivity contribution >= 4 is 5.71 Å². The molecular formula is C21H25NO. The van der Waals surface area contributed by atoms with Gasteiger partial charge in [0.2, 0.25) is 0 Å². The number of aliphatic hydroxyl groups is 1. The second-order valence-electron chi connectivity index (χ2n) is 6.08. The third kappa shape index (κ3) is 5.50. The van der Waals surface area contributed by atoms with Crippen LogP contribution in [0.1, 0.15) is 31.9 Å². The zero-order valence-electron chi connectivity index (χ0n) is 14.1. The number of benzene rings is 2. The van der Waals surface area contributed by atoms with Crippen molar-refractivity contribution in [3.63, 3.8) is 0 Å². The van der Waals surface area contributed by atoms with Crippen LogP contribution in [0.2, 0.25) is 0 Å². The first kappa shape index (κ1) is 17.2. The highest BCUT2D eigenvalue weighted by atomic mass is 16.3. The highest BCUT2D eigenvalue weighted by molar-refractivity contribution is 6.02. The fraction of sp³-hybridized carbons (Fsp3) is 0.286. The quantitative estimate of drug-likeness (QED) is 0.621. The average Bonchev–Trinajstić information content (AvgIpc) is 2.55. The SMILES string of the molecule is CC(C)=CC(O)[C@H](C)N=C(Cc1ccccc1)c1ccccc1. The molecule has 2 rings (SSSR count). The monoisotopic (exact) mass is 307 g/mol. The van der Waals surface area contributed by atoms with Crippen molar-refractivity contribution in [3.8, 4) is 0 Å². The van der Waals surface area contributed by atoms with Crippen LogP contribution in [0.25, 0.3) is 0 Å². The maximum Gasteiger partial charge on any atom is 0.0944 e. The van der Waals surface area contributed by atoms with Gasteiger partial charge in [0.05, 0.1) is 12.1 Å². The van der Waals surface area contributed by atoms with E-state index in [1.807, 2.05) is 63.2 Å². The number of allylic oxidation sites excluding steroid dienone is 1. The summed E-state index contributed by atoms with van der Waals surface area (Å²) < 4.78 is 0. The van der Waals surface area contributed by atoms with Crippen LogP contribution in [0.5, 0.6) is 0 Å². The predicted molar refractivity (Wildman–Crippen MR) is 98.0 cm³/mol. The zero-order chi connectivity index (χ0) is 16.7. The van der Waals surface area contributed by atoms with Gasteiger partial charge in [-0.05, 0) is 31.9 Å². The standard InChI is InChI=1S/C21H25NO/c1-16(2)14-21(23)17(3)22-20(19-12-8-5-9-13-19)15-18-10-6-4-7-11-18/h4-14,17,21,23H,15H2,1-3H3/t17-,21?/m0/s1. The average molecular weight is 307 g/mol. The van der Waals surface area contributed by atoms with Crippen LogP contribution in [0.3, 0.4) is 0 Å². The summed E-state index contributed by atoms with van der Waals surface area (Å²) >= 11 is 0. The molecule has 0 heterocycles. The number of hydrogen-bond acceptors (Lipinski definition) is 2. The second-order valence-corrected chi connectivity index (χ2v) is 6.08. The summed E-state index contributed by atoms with van der Waals surface area (Å²) in [5.41, 5.74) is 4.43. The molecule has 23 heavy (non-hydrogen) atoms. The Kier molecular flexibility index (Phi) is 6.30. The van der Waals surface area contributed by atoms with E-state index in [9.17, 15) is 5.11 Å². The third-order valence-electron chi connectivity index (χ3n) is 3.68. The molecule has 1 unspecified atom stereocenters. The number of nitrogens with zero attached hydrogens (tertiary/aromatic N) is 1. The van der Waals surface area contributed by atoms with Crippen molar-refractivity contribution in [2.45, 2.75) is 39.3 Å². The summed E-state index contributed by atoms with van der Waals surface area (Å²) in [6, 6.07) is 20.3. The lowest BCUT2D eigenvalue weighted by Crippen LogP contribution is -2.21. The Morgan fingerprint density at radius 2 is 1.57 bits per heavy atom. The van der Waals surface area contributed by atoms with Gasteiger partial charge in [0.25, 0.3) is 0 Å². The van der Waals surface area contributed by atoms with E-state index in [1.54, 1.807) is 0 Å². The molecule has 2 heteroatoms. The van der Waals surface area contributed by atoms with E-state index in [0.29, 0.717) is 0 Å². The minimum absolute atomic E-state index is 0.177. The number of aliphatic imine (C=N–C) groups is 1. The zero-order valence-corrected chi connectivity index (χ0v) is 14.1. The lowest BCUT2D eigenvalue weighted by atomic mass is 10.0. The van der Waals surface area contributed by atoms with Crippen LogP contribution in [0.4, 0.5) is 0 Å². The van der Waals surface area contributed by atoms with Crippen molar-refractivity contribution in [1.82, 2.24) is 0 Å². The van der Waals surface area contributed by atoms with E-state index >= 15 is 0 Å². The maximum atomic E-state index is 10.3. The summed E-state index contributed by atoms with van der Waals surface area (Å²) in [6.07, 6.45) is 2.06. The van der Waals surface area contributed by atoms with E-state index in [1.165, 1.54) is 5.56 Å². The number of rotatable bonds is 6. The lowest BCUT2D eigenvalue weighted by Gasteiger charge is -2.15. The van der Waals surface area contributed by atoms with Gasteiger partial charge >= 0.3 is 0 Å². The Bertz CT molecular complexity index is 655. The predicted octanol–water partition coefficient (Wildman–Crippen LogP) is 4.43. The smallest absolute Gasteiger partial charge is 0.0944 e. The van der Waals surface area contributed by atoms with E-state index in [0.717, 1.165) is 23.3 Å². The fourth-order valence-electron chi connectivity index (χ4n) is 2.44. The van der Waals surface area contributed by atoms with Crippen molar-refractivity contribution in [2.24, 2.45) is 4.99 Å². The molecule has 0 spiro atoms. The largest absolute Gasteiger partial charge is 0.387 e. The molecule has 0 saturated heterocycles. The molecule has 2 nitrogen and oxygen atoms in total. The summed E-state index contributed by atoms with van der Waals surface area (Å²) in [5, 5.41) is 10.3. The van der Waals surface area contributed by atoms with Crippen LogP contribution in [0, 0.1) is 0 Å². The third-order valence-corrected chi connectivity index (χ3v) is 3.68. The van der Waals surface area contributed by atoms with Gasteiger partial charge in [0.15, 0.2) is 0 Å². The van der Waals surface area contributed by atoms with Gasteiger partial charge in [-0.1, -0.05) is 72.3 Å². The topological polar surface area (TPSA) is 32.6 Å². The highest BCUT2D eigenvalue weighted by Crippen LogP contribution is 2.12. The maximum absolute atomic E-state index is 10.3. The molecule has 2 aromatic rings. The number of hydrogen-bond donors (Lipinski definition) is 1. The Morgan fingerprint density at radius 3 is 2.13 bits per heavy atom. The molecule has 0 aromatic heterocycles. The molecule has 0 aliphatic rings. The molecule has 0 radical (unpaired) electrons. The first-order valence-electron chi connectivity index (χ1n) is 8.05. The summed E-state index contributed by atoms with van der Waals surface area (Å²) in [4.78, 5) is 4.82. The summed E-state index contributed by atoms with van der Waals surface area (Å²) in [5.74, 6) is 0. The Hall–Kier alpha value is -2.19. The van der Waals surface area contributed by atoms with Gasteiger partial charge in [0, 0.05) is 12.1 Å². The van der Waals surface area contributed by atoms with Gasteiger partial charge in [-0.15, -0.1) is 0 Å². The molecule has 0 bridgehead atoms. The van der Waals surface area contributed by atoms with E-state index in [2.05, 4.69) is 24.3 Å². The molecule has 0 aliphatic heterocycles. The molecule has 2 atom stereocenters. The molecule has 0 amide bonds. The molecular weight excluding hydrogens is 282 g/mol. The van der Waals surface area contributed by atoms with Crippen LogP contribution in [-0.2, 0) is 6.42 Å². The van der Waals surface area contributed by atoms with Gasteiger partial charge in [-0.25, -0.2) is 0 Å². The Balaban J connectivity index is 2.30. The second kappa shape index (κ2) is 8.44. The van der Waals surface area contributed by atoms with Crippen LogP contribution < -0.4 is 0 Å². The van der Waals surface area contributed by atoms with Crippen molar-refractivity contribution in [3.05, 3.63) is 83.4 Å². The molecule has 0 aliphatic carbocycles. The van der Waals surface area contributed by atoms with Gasteiger partial charge in [-0.3, -0.25) is 4.99 Å². The van der Waals surface area contributed by atoms with Crippen molar-refractivity contribution in [2.75, 3.05) is 0 Å². The Labute approximate surface area is 139 Å². The van der Waals surface area contributed by atoms with Crippen molar-refractivity contribution in [1.29, 1.82) is 0 Å². The van der Waals surface area contributed by atoms with Crippen molar-refractivity contribution < 1.29 is 5.11 Å². The first-order chi connectivity index (χ1) is 11.1. The van der Waals surface area contributed by atoms with Gasteiger partial charge in [0.1, 0.15) is 0 Å². The molecule has 120 valence electrons. The van der Waals surface area contributed by atoms with E-state index in [-0.39, 0.29) is 6.04 Å². The minimum atomic E-state index is -0.561. The molecule has 2 aromatic carbocycles. The molecule has 0 fully saturated rings. The van der Waals surface area contributed by atoms with Crippen LogP contribution in [0.15, 0.2) is 77.3 Å². The van der Waals surface area contributed by atoms with Gasteiger partial charge in [-0.2, -0.15) is 0 Å². The highest BCUT2D eigenvalue weighted by Gasteiger charge is 2.13. The first-order valence-corrected chi connectivity index (χ1v) is 8.05. The van der Waals surface area contributed by atoms with E-state index < -0.39 is 6.10 Å². The molecule has 1 N–H and O–H groups in total. The molecule has 0 saturated carbocycles. The number of aliphatic hydroxyl groups excluding tert-OH is 1. The normalized spacial score (nSPS) is 14.2. The van der Waals surface area contributed by atoms with E-state index in [4.69, 9.17) is 4.99 Å². The minimum Gasteiger partial charge on any atom is -0.387 e. The lowest BCUT2D eigenvalue weighted by molar-refractivity contribution is 0.198.